The zero-order chi connectivity index (χ0) is 13.9. The molecule has 0 aliphatic heterocycles. The van der Waals surface area contributed by atoms with Crippen LogP contribution < -0.4 is 11.1 Å². The minimum absolute atomic E-state index is 0.102. The minimum atomic E-state index is -1.20. The fourth-order valence-corrected chi connectivity index (χ4v) is 1.28. The van der Waals surface area contributed by atoms with Crippen LogP contribution in [0, 0.1) is 11.2 Å². The highest BCUT2D eigenvalue weighted by molar-refractivity contribution is 6.31. The molecule has 0 radical (unpaired) electrons. The Morgan fingerprint density at radius 1 is 1.56 bits per heavy atom. The molecule has 0 bridgehead atoms. The predicted octanol–water partition coefficient (Wildman–Crippen LogP) is 2.19. The van der Waals surface area contributed by atoms with Crippen LogP contribution >= 0.6 is 11.6 Å². The molecule has 0 fully saturated rings. The Hall–Kier alpha value is -1.82. The molecule has 0 spiro atoms. The van der Waals surface area contributed by atoms with Crippen molar-refractivity contribution in [3.63, 3.8) is 0 Å². The van der Waals surface area contributed by atoms with Crippen molar-refractivity contribution >= 4 is 29.0 Å². The van der Waals surface area contributed by atoms with E-state index in [4.69, 9.17) is 22.5 Å². The molecule has 0 saturated carbocycles. The second kappa shape index (κ2) is 5.22. The van der Waals surface area contributed by atoms with Crippen molar-refractivity contribution in [2.24, 2.45) is 16.3 Å². The Balaban J connectivity index is 2.91. The summed E-state index contributed by atoms with van der Waals surface area (Å²) in [6.45, 7) is 2.98. The SMILES string of the molecule is CC(C)(C(=O)Nc1ccc(F)c(Cl)c1)C(N)=NO. The van der Waals surface area contributed by atoms with Gasteiger partial charge in [0, 0.05) is 5.69 Å². The molecule has 98 valence electrons. The molecule has 7 heteroatoms. The second-order valence-electron chi connectivity index (χ2n) is 4.19. The van der Waals surface area contributed by atoms with Gasteiger partial charge in [0.15, 0.2) is 5.84 Å². The molecule has 0 heterocycles. The summed E-state index contributed by atoms with van der Waals surface area (Å²) >= 11 is 5.59. The zero-order valence-electron chi connectivity index (χ0n) is 9.87. The van der Waals surface area contributed by atoms with Crippen molar-refractivity contribution in [1.82, 2.24) is 0 Å². The van der Waals surface area contributed by atoms with Crippen LogP contribution in [-0.4, -0.2) is 17.0 Å². The molecule has 1 amide bonds. The third-order valence-corrected chi connectivity index (χ3v) is 2.78. The number of nitrogens with two attached hydrogens (primary N) is 1. The molecule has 0 aliphatic carbocycles. The quantitative estimate of drug-likeness (QED) is 0.341. The van der Waals surface area contributed by atoms with Crippen LogP contribution in [-0.2, 0) is 4.79 Å². The number of rotatable bonds is 3. The van der Waals surface area contributed by atoms with E-state index in [1.165, 1.54) is 26.0 Å². The summed E-state index contributed by atoms with van der Waals surface area (Å²) < 4.78 is 12.9. The number of benzene rings is 1. The lowest BCUT2D eigenvalue weighted by molar-refractivity contribution is -0.121. The molecule has 18 heavy (non-hydrogen) atoms. The minimum Gasteiger partial charge on any atom is -0.409 e. The third kappa shape index (κ3) is 2.89. The summed E-state index contributed by atoms with van der Waals surface area (Å²) in [6, 6.07) is 3.77. The highest BCUT2D eigenvalue weighted by Crippen LogP contribution is 2.22. The van der Waals surface area contributed by atoms with Crippen LogP contribution in [0.5, 0.6) is 0 Å². The molecule has 0 atom stereocenters. The van der Waals surface area contributed by atoms with Gasteiger partial charge in [-0.2, -0.15) is 0 Å². The van der Waals surface area contributed by atoms with Crippen LogP contribution in [0.2, 0.25) is 5.02 Å². The maximum atomic E-state index is 12.9. The van der Waals surface area contributed by atoms with Crippen LogP contribution in [0.4, 0.5) is 10.1 Å². The first-order valence-electron chi connectivity index (χ1n) is 5.03. The fraction of sp³-hybridized carbons (Fsp3) is 0.273. The molecule has 0 aliphatic rings. The van der Waals surface area contributed by atoms with Gasteiger partial charge >= 0.3 is 0 Å². The summed E-state index contributed by atoms with van der Waals surface area (Å²) in [5.74, 6) is -1.31. The molecule has 4 N–H and O–H groups in total. The van der Waals surface area contributed by atoms with Crippen molar-refractivity contribution in [1.29, 1.82) is 0 Å². The molecule has 5 nitrogen and oxygen atoms in total. The van der Waals surface area contributed by atoms with Crippen molar-refractivity contribution in [3.8, 4) is 0 Å². The normalized spacial score (nSPS) is 12.3. The first-order chi connectivity index (χ1) is 8.28. The molecule has 0 saturated heterocycles. The first kappa shape index (κ1) is 14.2. The van der Waals surface area contributed by atoms with E-state index in [0.717, 1.165) is 6.07 Å². The van der Waals surface area contributed by atoms with Gasteiger partial charge in [-0.1, -0.05) is 16.8 Å². The Labute approximate surface area is 108 Å². The number of hydrogen-bond acceptors (Lipinski definition) is 3. The molecule has 0 unspecified atom stereocenters. The summed E-state index contributed by atoms with van der Waals surface area (Å²) in [5, 5.41) is 13.8. The largest absolute Gasteiger partial charge is 0.409 e. The van der Waals surface area contributed by atoms with Gasteiger partial charge in [0.2, 0.25) is 5.91 Å². The van der Waals surface area contributed by atoms with E-state index in [2.05, 4.69) is 10.5 Å². The Morgan fingerprint density at radius 2 is 2.17 bits per heavy atom. The number of carbonyl (C=O) groups is 1. The number of oxime groups is 1. The number of anilines is 1. The summed E-state index contributed by atoms with van der Waals surface area (Å²) in [6.07, 6.45) is 0. The highest BCUT2D eigenvalue weighted by Gasteiger charge is 2.32. The van der Waals surface area contributed by atoms with Crippen molar-refractivity contribution < 1.29 is 14.4 Å². The molecular weight excluding hydrogens is 261 g/mol. The van der Waals surface area contributed by atoms with Crippen molar-refractivity contribution in [2.75, 3.05) is 5.32 Å². The summed E-state index contributed by atoms with van der Waals surface area (Å²) in [7, 11) is 0. The Bertz CT molecular complexity index is 503. The average Bonchev–Trinajstić information content (AvgIpc) is 2.32. The van der Waals surface area contributed by atoms with Gasteiger partial charge in [-0.3, -0.25) is 4.79 Å². The lowest BCUT2D eigenvalue weighted by Gasteiger charge is -2.21. The molecule has 0 aromatic heterocycles. The standard InChI is InChI=1S/C11H13ClFN3O2/c1-11(2,9(14)16-18)10(17)15-6-3-4-8(13)7(12)5-6/h3-5,18H,1-2H3,(H2,14,16)(H,15,17). The van der Waals surface area contributed by atoms with Gasteiger partial charge in [-0.25, -0.2) is 4.39 Å². The molecule has 1 aromatic carbocycles. The second-order valence-corrected chi connectivity index (χ2v) is 4.60. The number of nitrogens with zero attached hydrogens (tertiary/aromatic N) is 1. The smallest absolute Gasteiger partial charge is 0.237 e. The topological polar surface area (TPSA) is 87.7 Å². The van der Waals surface area contributed by atoms with E-state index in [1.54, 1.807) is 0 Å². The third-order valence-electron chi connectivity index (χ3n) is 2.49. The number of carbonyl (C=O) groups excluding carboxylic acids is 1. The monoisotopic (exact) mass is 273 g/mol. The van der Waals surface area contributed by atoms with E-state index < -0.39 is 17.1 Å². The Kier molecular flexibility index (Phi) is 4.13. The number of amides is 1. The van der Waals surface area contributed by atoms with Crippen molar-refractivity contribution in [3.05, 3.63) is 29.0 Å². The maximum absolute atomic E-state index is 12.9. The van der Waals surface area contributed by atoms with Gasteiger partial charge in [-0.05, 0) is 32.0 Å². The van der Waals surface area contributed by atoms with Gasteiger partial charge < -0.3 is 16.3 Å². The zero-order valence-corrected chi connectivity index (χ0v) is 10.6. The van der Waals surface area contributed by atoms with Crippen LogP contribution in [0.3, 0.4) is 0 Å². The number of hydrogen-bond donors (Lipinski definition) is 3. The van der Waals surface area contributed by atoms with E-state index >= 15 is 0 Å². The van der Waals surface area contributed by atoms with Gasteiger partial charge in [0.05, 0.1) is 5.02 Å². The van der Waals surface area contributed by atoms with Crippen LogP contribution in [0.1, 0.15) is 13.8 Å². The van der Waals surface area contributed by atoms with Gasteiger partial charge in [0.25, 0.3) is 0 Å². The predicted molar refractivity (Wildman–Crippen MR) is 67.2 cm³/mol. The van der Waals surface area contributed by atoms with E-state index in [1.807, 2.05) is 0 Å². The number of halogens is 2. The molecular formula is C11H13ClFN3O2. The van der Waals surface area contributed by atoms with E-state index in [9.17, 15) is 9.18 Å². The summed E-state index contributed by atoms with van der Waals surface area (Å²) in [4.78, 5) is 11.9. The van der Waals surface area contributed by atoms with Gasteiger partial charge in [0.1, 0.15) is 11.2 Å². The Morgan fingerprint density at radius 3 is 2.67 bits per heavy atom. The van der Waals surface area contributed by atoms with E-state index in [0.29, 0.717) is 5.69 Å². The lowest BCUT2D eigenvalue weighted by Crippen LogP contribution is -2.42. The highest BCUT2D eigenvalue weighted by atomic mass is 35.5. The molecule has 1 aromatic rings. The number of amidine groups is 1. The van der Waals surface area contributed by atoms with Crippen LogP contribution in [0.15, 0.2) is 23.4 Å². The van der Waals surface area contributed by atoms with Crippen LogP contribution in [0.25, 0.3) is 0 Å². The average molecular weight is 274 g/mol. The van der Waals surface area contributed by atoms with Crippen molar-refractivity contribution in [2.45, 2.75) is 13.8 Å². The lowest BCUT2D eigenvalue weighted by atomic mass is 9.91. The first-order valence-corrected chi connectivity index (χ1v) is 5.41. The molecule has 1 rings (SSSR count). The maximum Gasteiger partial charge on any atom is 0.237 e. The summed E-state index contributed by atoms with van der Waals surface area (Å²) in [5.41, 5.74) is 4.54. The van der Waals surface area contributed by atoms with E-state index in [-0.39, 0.29) is 10.9 Å². The number of nitrogens with one attached hydrogen (secondary N) is 1. The fourth-order valence-electron chi connectivity index (χ4n) is 1.10. The van der Waals surface area contributed by atoms with Gasteiger partial charge in [-0.15, -0.1) is 0 Å².